The Morgan fingerprint density at radius 1 is 1.17 bits per heavy atom. The fraction of sp³-hybridized carbons (Fsp3) is 0.944. The first-order valence-corrected chi connectivity index (χ1v) is 9.43. The molecule has 0 aromatic heterocycles. The molecule has 2 unspecified atom stereocenters. The molecule has 1 fully saturated rings. The minimum Gasteiger partial charge on any atom is -0.379 e. The van der Waals surface area contributed by atoms with E-state index in [1.54, 1.807) is 0 Å². The standard InChI is InChI=1S/C18H38N4O.HI/c1-5-6-7-8-9-17(3)21-18(19-4)20-14-16(2)15-22-10-12-23-13-11-22;/h16-17H,5-15H2,1-4H3,(H2,19,20,21);1H. The lowest BCUT2D eigenvalue weighted by Crippen LogP contribution is -2.46. The lowest BCUT2D eigenvalue weighted by atomic mass is 10.1. The second-order valence-electron chi connectivity index (χ2n) is 6.87. The van der Waals surface area contributed by atoms with Crippen LogP contribution < -0.4 is 10.6 Å². The van der Waals surface area contributed by atoms with Gasteiger partial charge in [0, 0.05) is 39.3 Å². The zero-order chi connectivity index (χ0) is 16.9. The Hall–Kier alpha value is -0.0800. The number of rotatable bonds is 10. The quantitative estimate of drug-likeness (QED) is 0.231. The van der Waals surface area contributed by atoms with Crippen molar-refractivity contribution in [3.8, 4) is 0 Å². The lowest BCUT2D eigenvalue weighted by molar-refractivity contribution is 0.0320. The van der Waals surface area contributed by atoms with Gasteiger partial charge in [-0.15, -0.1) is 24.0 Å². The highest BCUT2D eigenvalue weighted by Crippen LogP contribution is 2.05. The van der Waals surface area contributed by atoms with Crippen LogP contribution in [0.5, 0.6) is 0 Å². The summed E-state index contributed by atoms with van der Waals surface area (Å²) in [5.74, 6) is 1.54. The first kappa shape index (κ1) is 23.9. The van der Waals surface area contributed by atoms with Crippen LogP contribution in [-0.4, -0.2) is 63.3 Å². The van der Waals surface area contributed by atoms with Crippen LogP contribution in [0.15, 0.2) is 4.99 Å². The zero-order valence-corrected chi connectivity index (χ0v) is 18.5. The van der Waals surface area contributed by atoms with E-state index in [0.29, 0.717) is 12.0 Å². The van der Waals surface area contributed by atoms with Crippen molar-refractivity contribution in [3.63, 3.8) is 0 Å². The van der Waals surface area contributed by atoms with Gasteiger partial charge < -0.3 is 15.4 Å². The highest BCUT2D eigenvalue weighted by Gasteiger charge is 2.14. The molecule has 2 N–H and O–H groups in total. The molecule has 1 rings (SSSR count). The number of halogens is 1. The summed E-state index contributed by atoms with van der Waals surface area (Å²) in [6.07, 6.45) is 6.49. The van der Waals surface area contributed by atoms with E-state index in [4.69, 9.17) is 4.74 Å². The summed E-state index contributed by atoms with van der Waals surface area (Å²) in [4.78, 5) is 6.84. The fourth-order valence-corrected chi connectivity index (χ4v) is 2.94. The molecule has 2 atom stereocenters. The third kappa shape index (κ3) is 11.5. The van der Waals surface area contributed by atoms with Crippen molar-refractivity contribution in [2.24, 2.45) is 10.9 Å². The van der Waals surface area contributed by atoms with Crippen molar-refractivity contribution < 1.29 is 4.74 Å². The molecule has 0 bridgehead atoms. The monoisotopic (exact) mass is 454 g/mol. The van der Waals surface area contributed by atoms with Crippen LogP contribution >= 0.6 is 24.0 Å². The predicted molar refractivity (Wildman–Crippen MR) is 115 cm³/mol. The minimum atomic E-state index is 0. The van der Waals surface area contributed by atoms with Crippen LogP contribution in [0.1, 0.15) is 52.9 Å². The molecule has 5 nitrogen and oxygen atoms in total. The van der Waals surface area contributed by atoms with Crippen LogP contribution in [0.4, 0.5) is 0 Å². The van der Waals surface area contributed by atoms with Gasteiger partial charge in [0.25, 0.3) is 0 Å². The van der Waals surface area contributed by atoms with Crippen LogP contribution in [0, 0.1) is 5.92 Å². The Kier molecular flexibility index (Phi) is 15.1. The van der Waals surface area contributed by atoms with E-state index >= 15 is 0 Å². The summed E-state index contributed by atoms with van der Waals surface area (Å²) in [7, 11) is 1.85. The van der Waals surface area contributed by atoms with Gasteiger partial charge in [-0.1, -0.05) is 39.5 Å². The largest absolute Gasteiger partial charge is 0.379 e. The van der Waals surface area contributed by atoms with Gasteiger partial charge in [-0.2, -0.15) is 0 Å². The molecule has 0 spiro atoms. The molecule has 0 amide bonds. The number of hydrogen-bond donors (Lipinski definition) is 2. The molecule has 1 saturated heterocycles. The van der Waals surface area contributed by atoms with E-state index in [9.17, 15) is 0 Å². The van der Waals surface area contributed by atoms with E-state index < -0.39 is 0 Å². The number of nitrogens with one attached hydrogen (secondary N) is 2. The summed E-state index contributed by atoms with van der Waals surface area (Å²) in [6.45, 7) is 12.8. The number of morpholine rings is 1. The molecule has 1 aliphatic rings. The molecule has 0 saturated carbocycles. The van der Waals surface area contributed by atoms with Crippen molar-refractivity contribution >= 4 is 29.9 Å². The maximum atomic E-state index is 5.40. The van der Waals surface area contributed by atoms with Gasteiger partial charge in [0.1, 0.15) is 0 Å². The number of guanidine groups is 1. The normalized spacial score (nSPS) is 18.6. The Morgan fingerprint density at radius 3 is 2.50 bits per heavy atom. The fourth-order valence-electron chi connectivity index (χ4n) is 2.94. The summed E-state index contributed by atoms with van der Waals surface area (Å²) in [5, 5.41) is 6.98. The zero-order valence-electron chi connectivity index (χ0n) is 16.1. The molecule has 1 heterocycles. The molecule has 1 aliphatic heterocycles. The Morgan fingerprint density at radius 2 is 1.88 bits per heavy atom. The highest BCUT2D eigenvalue weighted by atomic mass is 127. The second kappa shape index (κ2) is 15.2. The third-order valence-corrected chi connectivity index (χ3v) is 4.39. The van der Waals surface area contributed by atoms with Gasteiger partial charge in [0.15, 0.2) is 5.96 Å². The Bertz CT molecular complexity index is 322. The molecule has 6 heteroatoms. The Balaban J connectivity index is 0.00000529. The smallest absolute Gasteiger partial charge is 0.191 e. The summed E-state index contributed by atoms with van der Waals surface area (Å²) in [5.41, 5.74) is 0. The summed E-state index contributed by atoms with van der Waals surface area (Å²) >= 11 is 0. The van der Waals surface area contributed by atoms with Crippen molar-refractivity contribution in [1.29, 1.82) is 0 Å². The molecule has 0 radical (unpaired) electrons. The second-order valence-corrected chi connectivity index (χ2v) is 6.87. The van der Waals surface area contributed by atoms with Crippen molar-refractivity contribution in [3.05, 3.63) is 0 Å². The predicted octanol–water partition coefficient (Wildman–Crippen LogP) is 3.10. The van der Waals surface area contributed by atoms with Gasteiger partial charge in [-0.05, 0) is 19.3 Å². The number of aliphatic imine (C=N–C) groups is 1. The van der Waals surface area contributed by atoms with E-state index in [1.807, 2.05) is 7.05 Å². The van der Waals surface area contributed by atoms with Crippen molar-refractivity contribution in [2.45, 2.75) is 58.9 Å². The van der Waals surface area contributed by atoms with Crippen molar-refractivity contribution in [1.82, 2.24) is 15.5 Å². The summed E-state index contributed by atoms with van der Waals surface area (Å²) < 4.78 is 5.40. The molecule has 0 aromatic rings. The number of hydrogen-bond acceptors (Lipinski definition) is 3. The average molecular weight is 454 g/mol. The maximum Gasteiger partial charge on any atom is 0.191 e. The minimum absolute atomic E-state index is 0. The van der Waals surface area contributed by atoms with Crippen LogP contribution in [0.2, 0.25) is 0 Å². The van der Waals surface area contributed by atoms with E-state index in [1.165, 1.54) is 32.1 Å². The number of unbranched alkanes of at least 4 members (excludes halogenated alkanes) is 3. The molecule has 144 valence electrons. The van der Waals surface area contributed by atoms with Crippen LogP contribution in [-0.2, 0) is 4.74 Å². The average Bonchev–Trinajstić information content (AvgIpc) is 2.56. The van der Waals surface area contributed by atoms with E-state index in [0.717, 1.165) is 45.4 Å². The van der Waals surface area contributed by atoms with Gasteiger partial charge in [-0.25, -0.2) is 0 Å². The molecule has 24 heavy (non-hydrogen) atoms. The third-order valence-electron chi connectivity index (χ3n) is 4.39. The molecule has 0 aromatic carbocycles. The highest BCUT2D eigenvalue weighted by molar-refractivity contribution is 14.0. The van der Waals surface area contributed by atoms with E-state index in [-0.39, 0.29) is 24.0 Å². The van der Waals surface area contributed by atoms with Gasteiger partial charge >= 0.3 is 0 Å². The van der Waals surface area contributed by atoms with Crippen LogP contribution in [0.3, 0.4) is 0 Å². The molecule has 0 aliphatic carbocycles. The molecular weight excluding hydrogens is 415 g/mol. The number of nitrogens with zero attached hydrogens (tertiary/aromatic N) is 2. The SMILES string of the molecule is CCCCCCC(C)NC(=NC)NCC(C)CN1CCOCC1.I. The first-order valence-electron chi connectivity index (χ1n) is 9.43. The lowest BCUT2D eigenvalue weighted by Gasteiger charge is -2.29. The van der Waals surface area contributed by atoms with Gasteiger partial charge in [0.2, 0.25) is 0 Å². The van der Waals surface area contributed by atoms with Gasteiger partial charge in [0.05, 0.1) is 13.2 Å². The topological polar surface area (TPSA) is 48.9 Å². The summed E-state index contributed by atoms with van der Waals surface area (Å²) in [6, 6.07) is 0.479. The van der Waals surface area contributed by atoms with Crippen molar-refractivity contribution in [2.75, 3.05) is 46.4 Å². The molecular formula is C18H39IN4O. The van der Waals surface area contributed by atoms with Gasteiger partial charge in [-0.3, -0.25) is 9.89 Å². The Labute approximate surface area is 166 Å². The van der Waals surface area contributed by atoms with Crippen LogP contribution in [0.25, 0.3) is 0 Å². The van der Waals surface area contributed by atoms with E-state index in [2.05, 4.69) is 41.3 Å². The first-order chi connectivity index (χ1) is 11.2. The maximum absolute atomic E-state index is 5.40. The number of ether oxygens (including phenoxy) is 1.